The van der Waals surface area contributed by atoms with E-state index in [0.29, 0.717) is 0 Å². The van der Waals surface area contributed by atoms with Crippen LogP contribution in [0.25, 0.3) is 21.8 Å². The summed E-state index contributed by atoms with van der Waals surface area (Å²) in [6.07, 6.45) is 0. The molecule has 0 unspecified atom stereocenters. The summed E-state index contributed by atoms with van der Waals surface area (Å²) in [6, 6.07) is 17.1. The summed E-state index contributed by atoms with van der Waals surface area (Å²) < 4.78 is 2.26. The van der Waals surface area contributed by atoms with Gasteiger partial charge in [0.25, 0.3) is 0 Å². The third-order valence-corrected chi connectivity index (χ3v) is 3.88. The normalized spacial score (nSPS) is 11.2. The van der Waals surface area contributed by atoms with Gasteiger partial charge in [-0.05, 0) is 17.7 Å². The fourth-order valence-corrected chi connectivity index (χ4v) is 3.07. The summed E-state index contributed by atoms with van der Waals surface area (Å²) in [6.45, 7) is 0. The minimum atomic E-state index is 0.884. The van der Waals surface area contributed by atoms with Crippen molar-refractivity contribution >= 4 is 37.7 Å². The first-order chi connectivity index (χ1) is 8.33. The fourth-order valence-electron chi connectivity index (χ4n) is 2.46. The summed E-state index contributed by atoms with van der Waals surface area (Å²) in [7, 11) is 2.13. The van der Waals surface area contributed by atoms with Crippen molar-refractivity contribution in [3.05, 3.63) is 54.1 Å². The molecule has 0 spiro atoms. The van der Waals surface area contributed by atoms with Crippen molar-refractivity contribution in [1.29, 1.82) is 0 Å². The van der Waals surface area contributed by atoms with Crippen molar-refractivity contribution in [2.45, 2.75) is 5.33 Å². The smallest absolute Gasteiger partial charge is 0.194 e. The number of nitrogens with zero attached hydrogens (tertiary/aromatic N) is 1. The highest BCUT2D eigenvalue weighted by Gasteiger charge is 2.15. The van der Waals surface area contributed by atoms with Gasteiger partial charge in [0.05, 0.1) is 10.8 Å². The molecule has 0 amide bonds. The van der Waals surface area contributed by atoms with Crippen LogP contribution in [0.2, 0.25) is 0 Å². The van der Waals surface area contributed by atoms with Gasteiger partial charge in [-0.25, -0.2) is 0 Å². The largest absolute Gasteiger partial charge is 0.213 e. The molecule has 2 heteroatoms. The lowest BCUT2D eigenvalue weighted by molar-refractivity contribution is -0.617. The molecule has 0 saturated carbocycles. The topological polar surface area (TPSA) is 3.88 Å². The lowest BCUT2D eigenvalue weighted by Gasteiger charge is -2.07. The number of aryl methyl sites for hydroxylation is 1. The van der Waals surface area contributed by atoms with Crippen molar-refractivity contribution in [1.82, 2.24) is 0 Å². The molecule has 1 nitrogen and oxygen atoms in total. The van der Waals surface area contributed by atoms with Gasteiger partial charge in [0, 0.05) is 17.5 Å². The van der Waals surface area contributed by atoms with Crippen LogP contribution in [0.3, 0.4) is 0 Å². The van der Waals surface area contributed by atoms with Crippen molar-refractivity contribution in [3.63, 3.8) is 0 Å². The van der Waals surface area contributed by atoms with Crippen LogP contribution in [0, 0.1) is 0 Å². The standard InChI is InChI=1S/C15H13BrN/c1-17-14-8-4-2-6-11(14)13(10-16)12-7-3-5-9-15(12)17/h2-9H,10H2,1H3/q+1. The monoisotopic (exact) mass is 286 g/mol. The lowest BCUT2D eigenvalue weighted by atomic mass is 10.0. The van der Waals surface area contributed by atoms with Gasteiger partial charge < -0.3 is 0 Å². The number of pyridine rings is 1. The van der Waals surface area contributed by atoms with Gasteiger partial charge in [-0.3, -0.25) is 0 Å². The van der Waals surface area contributed by atoms with E-state index in [9.17, 15) is 0 Å². The minimum absolute atomic E-state index is 0.884. The number of hydrogen-bond acceptors (Lipinski definition) is 0. The minimum Gasteiger partial charge on any atom is -0.194 e. The van der Waals surface area contributed by atoms with E-state index in [1.165, 1.54) is 27.4 Å². The van der Waals surface area contributed by atoms with Crippen LogP contribution < -0.4 is 4.57 Å². The second-order valence-corrected chi connectivity index (χ2v) is 4.77. The number of fused-ring (bicyclic) bond motifs is 2. The molecule has 3 aromatic rings. The van der Waals surface area contributed by atoms with Gasteiger partial charge in [0.2, 0.25) is 11.0 Å². The molecule has 0 N–H and O–H groups in total. The van der Waals surface area contributed by atoms with Gasteiger partial charge >= 0.3 is 0 Å². The number of alkyl halides is 1. The third kappa shape index (κ3) is 1.55. The lowest BCUT2D eigenvalue weighted by Crippen LogP contribution is -2.30. The Morgan fingerprint density at radius 1 is 0.882 bits per heavy atom. The number of benzene rings is 2. The van der Waals surface area contributed by atoms with E-state index in [2.05, 4.69) is 76.1 Å². The van der Waals surface area contributed by atoms with Crippen LogP contribution in [0.5, 0.6) is 0 Å². The van der Waals surface area contributed by atoms with Gasteiger partial charge in [0.15, 0.2) is 0 Å². The molecule has 84 valence electrons. The molecule has 0 saturated heterocycles. The molecule has 1 aromatic heterocycles. The van der Waals surface area contributed by atoms with Crippen molar-refractivity contribution in [2.24, 2.45) is 7.05 Å². The Balaban J connectivity index is 2.63. The van der Waals surface area contributed by atoms with E-state index in [-0.39, 0.29) is 0 Å². The fraction of sp³-hybridized carbons (Fsp3) is 0.133. The number of hydrogen-bond donors (Lipinski definition) is 0. The highest BCUT2D eigenvalue weighted by Crippen LogP contribution is 2.26. The first-order valence-electron chi connectivity index (χ1n) is 5.67. The zero-order valence-electron chi connectivity index (χ0n) is 9.65. The predicted molar refractivity (Wildman–Crippen MR) is 75.3 cm³/mol. The zero-order valence-corrected chi connectivity index (χ0v) is 11.2. The number of aromatic nitrogens is 1. The number of para-hydroxylation sites is 2. The van der Waals surface area contributed by atoms with E-state index in [1.807, 2.05) is 0 Å². The second-order valence-electron chi connectivity index (χ2n) is 4.21. The highest BCUT2D eigenvalue weighted by atomic mass is 79.9. The molecule has 1 heterocycles. The Morgan fingerprint density at radius 2 is 1.35 bits per heavy atom. The Hall–Kier alpha value is -1.41. The molecule has 0 atom stereocenters. The average Bonchev–Trinajstić information content (AvgIpc) is 2.40. The van der Waals surface area contributed by atoms with Gasteiger partial charge in [0.1, 0.15) is 7.05 Å². The first-order valence-corrected chi connectivity index (χ1v) is 6.79. The number of halogens is 1. The second kappa shape index (κ2) is 4.11. The SMILES string of the molecule is C[n+]1c2ccccc2c(CBr)c2ccccc21. The molecular weight excluding hydrogens is 274 g/mol. The van der Waals surface area contributed by atoms with E-state index in [4.69, 9.17) is 0 Å². The molecule has 2 aromatic carbocycles. The van der Waals surface area contributed by atoms with Gasteiger partial charge in [-0.2, -0.15) is 4.57 Å². The number of rotatable bonds is 1. The van der Waals surface area contributed by atoms with Crippen LogP contribution in [-0.4, -0.2) is 0 Å². The van der Waals surface area contributed by atoms with Gasteiger partial charge in [-0.15, -0.1) is 0 Å². The molecule has 17 heavy (non-hydrogen) atoms. The Kier molecular flexibility index (Phi) is 2.60. The predicted octanol–water partition coefficient (Wildman–Crippen LogP) is 3.71. The summed E-state index contributed by atoms with van der Waals surface area (Å²) in [5.41, 5.74) is 3.93. The zero-order chi connectivity index (χ0) is 11.8. The molecule has 0 aliphatic heterocycles. The van der Waals surface area contributed by atoms with Crippen LogP contribution in [-0.2, 0) is 12.4 Å². The molecular formula is C15H13BrN+. The molecule has 0 fully saturated rings. The quantitative estimate of drug-likeness (QED) is 0.365. The maximum Gasteiger partial charge on any atom is 0.213 e. The van der Waals surface area contributed by atoms with Crippen LogP contribution >= 0.6 is 15.9 Å². The molecule has 0 radical (unpaired) electrons. The summed E-state index contributed by atoms with van der Waals surface area (Å²) >= 11 is 3.62. The Labute approximate surface area is 109 Å². The molecule has 0 aliphatic rings. The first kappa shape index (κ1) is 10.7. The van der Waals surface area contributed by atoms with Gasteiger partial charge in [-0.1, -0.05) is 40.2 Å². The Bertz CT molecular complexity index is 647. The van der Waals surface area contributed by atoms with E-state index in [0.717, 1.165) is 5.33 Å². The summed E-state index contributed by atoms with van der Waals surface area (Å²) in [5, 5.41) is 3.53. The molecule has 0 aliphatic carbocycles. The maximum absolute atomic E-state index is 3.62. The third-order valence-electron chi connectivity index (χ3n) is 3.31. The molecule has 0 bridgehead atoms. The summed E-state index contributed by atoms with van der Waals surface area (Å²) in [5.74, 6) is 0. The maximum atomic E-state index is 3.62. The van der Waals surface area contributed by atoms with Crippen molar-refractivity contribution < 1.29 is 4.57 Å². The summed E-state index contributed by atoms with van der Waals surface area (Å²) in [4.78, 5) is 0. The average molecular weight is 287 g/mol. The van der Waals surface area contributed by atoms with Crippen molar-refractivity contribution in [2.75, 3.05) is 0 Å². The Morgan fingerprint density at radius 3 is 1.82 bits per heavy atom. The highest BCUT2D eigenvalue weighted by molar-refractivity contribution is 9.08. The molecule has 3 rings (SSSR count). The van der Waals surface area contributed by atoms with E-state index >= 15 is 0 Å². The van der Waals surface area contributed by atoms with Crippen molar-refractivity contribution in [3.8, 4) is 0 Å². The van der Waals surface area contributed by atoms with E-state index in [1.54, 1.807) is 0 Å². The van der Waals surface area contributed by atoms with Crippen LogP contribution in [0.4, 0.5) is 0 Å². The van der Waals surface area contributed by atoms with Crippen LogP contribution in [0.1, 0.15) is 5.56 Å². The van der Waals surface area contributed by atoms with Crippen LogP contribution in [0.15, 0.2) is 48.5 Å². The van der Waals surface area contributed by atoms with E-state index < -0.39 is 0 Å².